The summed E-state index contributed by atoms with van der Waals surface area (Å²) in [6.07, 6.45) is 1.93. The monoisotopic (exact) mass is 439 g/mol. The van der Waals surface area contributed by atoms with E-state index in [0.717, 1.165) is 46.3 Å². The van der Waals surface area contributed by atoms with Crippen molar-refractivity contribution in [1.82, 2.24) is 9.97 Å². The Labute approximate surface area is 191 Å². The molecule has 0 aliphatic rings. The van der Waals surface area contributed by atoms with Gasteiger partial charge in [-0.1, -0.05) is 60.1 Å². The van der Waals surface area contributed by atoms with Gasteiger partial charge in [-0.2, -0.15) is 0 Å². The molecule has 3 aromatic carbocycles. The number of aromatic amines is 1. The van der Waals surface area contributed by atoms with Crippen molar-refractivity contribution < 1.29 is 4.79 Å². The third kappa shape index (κ3) is 4.23. The third-order valence-corrected chi connectivity index (χ3v) is 5.84. The number of H-pyrrole nitrogens is 1. The molecule has 0 saturated heterocycles. The van der Waals surface area contributed by atoms with Crippen molar-refractivity contribution in [3.8, 4) is 11.4 Å². The lowest BCUT2D eigenvalue weighted by atomic mass is 10.0. The Kier molecular flexibility index (Phi) is 5.61. The van der Waals surface area contributed by atoms with Gasteiger partial charge in [0.2, 0.25) is 5.91 Å². The number of pyridine rings is 1. The van der Waals surface area contributed by atoms with E-state index in [1.165, 1.54) is 10.9 Å². The number of carbonyl (C=O) groups is 1. The molecule has 0 aliphatic carbocycles. The number of fused-ring (bicyclic) bond motifs is 2. The molecule has 158 valence electrons. The third-order valence-electron chi connectivity index (χ3n) is 5.61. The number of para-hydroxylation sites is 2. The lowest BCUT2D eigenvalue weighted by Gasteiger charge is -2.08. The average Bonchev–Trinajstić information content (AvgIpc) is 3.17. The molecular formula is C27H22ClN3O. The van der Waals surface area contributed by atoms with Crippen molar-refractivity contribution in [2.24, 2.45) is 0 Å². The van der Waals surface area contributed by atoms with E-state index in [9.17, 15) is 4.79 Å². The van der Waals surface area contributed by atoms with Gasteiger partial charge in [-0.25, -0.2) is 4.98 Å². The molecule has 32 heavy (non-hydrogen) atoms. The highest BCUT2D eigenvalue weighted by atomic mass is 35.5. The molecule has 5 rings (SSSR count). The van der Waals surface area contributed by atoms with E-state index in [-0.39, 0.29) is 5.91 Å². The molecule has 0 fully saturated rings. The Hall–Kier alpha value is -3.63. The molecule has 0 aliphatic heterocycles. The number of nitrogens with zero attached hydrogens (tertiary/aromatic N) is 1. The van der Waals surface area contributed by atoms with Gasteiger partial charge in [-0.05, 0) is 54.8 Å². The van der Waals surface area contributed by atoms with Gasteiger partial charge in [0, 0.05) is 33.4 Å². The summed E-state index contributed by atoms with van der Waals surface area (Å²) in [4.78, 5) is 20.9. The molecule has 0 saturated carbocycles. The number of hydrogen-bond donors (Lipinski definition) is 2. The number of amides is 1. The fraction of sp³-hybridized carbons (Fsp3) is 0.111. The average molecular weight is 440 g/mol. The minimum Gasteiger partial charge on any atom is -0.353 e. The van der Waals surface area contributed by atoms with Crippen LogP contribution in [0.3, 0.4) is 0 Å². The summed E-state index contributed by atoms with van der Waals surface area (Å²) in [6, 6.07) is 27.8. The first-order chi connectivity index (χ1) is 15.7. The van der Waals surface area contributed by atoms with E-state index in [1.54, 1.807) is 12.1 Å². The predicted molar refractivity (Wildman–Crippen MR) is 132 cm³/mol. The quantitative estimate of drug-likeness (QED) is 0.299. The first-order valence-electron chi connectivity index (χ1n) is 10.7. The topological polar surface area (TPSA) is 57.8 Å². The predicted octanol–water partition coefficient (Wildman–Crippen LogP) is 7.00. The standard InChI is InChI=1S/C27H22ClN3O/c28-19-8-5-9-20(17-19)29-26(32)14-6-11-22-21-10-2-4-13-24(21)31-27(22)25-16-15-18-7-1-3-12-23(18)30-25/h1-5,7-10,12-13,15-17,31H,6,11,14H2,(H,29,32). The number of rotatable bonds is 6. The number of aryl methyl sites for hydroxylation is 1. The first kappa shape index (κ1) is 20.3. The zero-order valence-corrected chi connectivity index (χ0v) is 18.2. The van der Waals surface area contributed by atoms with Crippen LogP contribution >= 0.6 is 11.6 Å². The molecule has 0 spiro atoms. The van der Waals surface area contributed by atoms with E-state index >= 15 is 0 Å². The highest BCUT2D eigenvalue weighted by molar-refractivity contribution is 6.30. The molecule has 2 aromatic heterocycles. The van der Waals surface area contributed by atoms with Gasteiger partial charge >= 0.3 is 0 Å². The van der Waals surface area contributed by atoms with Crippen molar-refractivity contribution >= 4 is 45.0 Å². The number of anilines is 1. The summed E-state index contributed by atoms with van der Waals surface area (Å²) in [5, 5.41) is 5.82. The second kappa shape index (κ2) is 8.85. The molecule has 0 atom stereocenters. The van der Waals surface area contributed by atoms with Gasteiger partial charge in [0.25, 0.3) is 0 Å². The van der Waals surface area contributed by atoms with Crippen LogP contribution < -0.4 is 5.32 Å². The largest absolute Gasteiger partial charge is 0.353 e. The van der Waals surface area contributed by atoms with Crippen LogP contribution in [-0.2, 0) is 11.2 Å². The number of hydrogen-bond acceptors (Lipinski definition) is 2. The van der Waals surface area contributed by atoms with Gasteiger partial charge in [-0.3, -0.25) is 4.79 Å². The Bertz CT molecular complexity index is 1420. The fourth-order valence-corrected chi connectivity index (χ4v) is 4.29. The van der Waals surface area contributed by atoms with Crippen LogP contribution in [0, 0.1) is 0 Å². The maximum Gasteiger partial charge on any atom is 0.224 e. The molecule has 2 N–H and O–H groups in total. The van der Waals surface area contributed by atoms with E-state index in [0.29, 0.717) is 11.4 Å². The first-order valence-corrected chi connectivity index (χ1v) is 11.1. The summed E-state index contributed by atoms with van der Waals surface area (Å²) in [5.41, 5.74) is 5.89. The van der Waals surface area contributed by atoms with E-state index < -0.39 is 0 Å². The normalized spacial score (nSPS) is 11.2. The fourth-order valence-electron chi connectivity index (χ4n) is 4.10. The lowest BCUT2D eigenvalue weighted by Crippen LogP contribution is -2.11. The number of carbonyl (C=O) groups excluding carboxylic acids is 1. The van der Waals surface area contributed by atoms with Gasteiger partial charge < -0.3 is 10.3 Å². The van der Waals surface area contributed by atoms with Crippen LogP contribution in [-0.4, -0.2) is 15.9 Å². The minimum atomic E-state index is -0.0162. The summed E-state index contributed by atoms with van der Waals surface area (Å²) in [7, 11) is 0. The van der Waals surface area contributed by atoms with E-state index in [2.05, 4.69) is 40.6 Å². The molecule has 4 nitrogen and oxygen atoms in total. The maximum atomic E-state index is 12.4. The number of benzene rings is 3. The second-order valence-electron chi connectivity index (χ2n) is 7.83. The molecular weight excluding hydrogens is 418 g/mol. The van der Waals surface area contributed by atoms with Gasteiger partial charge in [-0.15, -0.1) is 0 Å². The van der Waals surface area contributed by atoms with Gasteiger partial charge in [0.05, 0.1) is 16.9 Å². The molecule has 5 aromatic rings. The Morgan fingerprint density at radius 3 is 2.69 bits per heavy atom. The number of nitrogens with one attached hydrogen (secondary N) is 2. The Morgan fingerprint density at radius 1 is 0.938 bits per heavy atom. The number of halogens is 1. The Balaban J connectivity index is 1.38. The van der Waals surface area contributed by atoms with Crippen LogP contribution in [0.2, 0.25) is 5.02 Å². The lowest BCUT2D eigenvalue weighted by molar-refractivity contribution is -0.116. The van der Waals surface area contributed by atoms with Crippen LogP contribution in [0.15, 0.2) is 84.9 Å². The second-order valence-corrected chi connectivity index (χ2v) is 8.26. The molecule has 0 bridgehead atoms. The highest BCUT2D eigenvalue weighted by Gasteiger charge is 2.15. The van der Waals surface area contributed by atoms with Crippen LogP contribution in [0.4, 0.5) is 5.69 Å². The zero-order valence-electron chi connectivity index (χ0n) is 17.4. The summed E-state index contributed by atoms with van der Waals surface area (Å²) >= 11 is 6.01. The summed E-state index contributed by atoms with van der Waals surface area (Å²) in [6.45, 7) is 0. The number of aromatic nitrogens is 2. The van der Waals surface area contributed by atoms with Crippen molar-refractivity contribution in [2.45, 2.75) is 19.3 Å². The van der Waals surface area contributed by atoms with Crippen molar-refractivity contribution in [1.29, 1.82) is 0 Å². The van der Waals surface area contributed by atoms with Gasteiger partial charge in [0.15, 0.2) is 0 Å². The smallest absolute Gasteiger partial charge is 0.224 e. The molecule has 0 radical (unpaired) electrons. The molecule has 5 heteroatoms. The van der Waals surface area contributed by atoms with E-state index in [1.807, 2.05) is 42.5 Å². The maximum absolute atomic E-state index is 12.4. The van der Waals surface area contributed by atoms with Crippen molar-refractivity contribution in [2.75, 3.05) is 5.32 Å². The van der Waals surface area contributed by atoms with Crippen molar-refractivity contribution in [3.63, 3.8) is 0 Å². The molecule has 1 amide bonds. The molecule has 2 heterocycles. The summed E-state index contributed by atoms with van der Waals surface area (Å²) in [5.74, 6) is -0.0162. The van der Waals surface area contributed by atoms with E-state index in [4.69, 9.17) is 16.6 Å². The zero-order chi connectivity index (χ0) is 21.9. The SMILES string of the molecule is O=C(CCCc1c(-c2ccc3ccccc3n2)[nH]c2ccccc12)Nc1cccc(Cl)c1. The Morgan fingerprint density at radius 2 is 1.78 bits per heavy atom. The van der Waals surface area contributed by atoms with Gasteiger partial charge in [0.1, 0.15) is 0 Å². The molecule has 0 unspecified atom stereocenters. The minimum absolute atomic E-state index is 0.0162. The summed E-state index contributed by atoms with van der Waals surface area (Å²) < 4.78 is 0. The highest BCUT2D eigenvalue weighted by Crippen LogP contribution is 2.31. The van der Waals surface area contributed by atoms with Crippen LogP contribution in [0.25, 0.3) is 33.2 Å². The van der Waals surface area contributed by atoms with Crippen LogP contribution in [0.1, 0.15) is 18.4 Å². The van der Waals surface area contributed by atoms with Crippen LogP contribution in [0.5, 0.6) is 0 Å². The van der Waals surface area contributed by atoms with Crippen molar-refractivity contribution in [3.05, 3.63) is 95.5 Å².